The molecule has 2 aliphatic heterocycles. The van der Waals surface area contributed by atoms with Gasteiger partial charge in [-0.25, -0.2) is 14.4 Å². The lowest BCUT2D eigenvalue weighted by molar-refractivity contribution is -0.134. The summed E-state index contributed by atoms with van der Waals surface area (Å²) in [4.78, 5) is 24.6. The van der Waals surface area contributed by atoms with Gasteiger partial charge in [-0.3, -0.25) is 4.79 Å². The summed E-state index contributed by atoms with van der Waals surface area (Å²) >= 11 is 0. The lowest BCUT2D eigenvalue weighted by Crippen LogP contribution is -2.40. The summed E-state index contributed by atoms with van der Waals surface area (Å²) in [7, 11) is 1.88. The Bertz CT molecular complexity index is 837. The van der Waals surface area contributed by atoms with E-state index in [1.54, 1.807) is 12.1 Å². The molecule has 1 atom stereocenters. The summed E-state index contributed by atoms with van der Waals surface area (Å²) < 4.78 is 13.1. The van der Waals surface area contributed by atoms with E-state index in [-0.39, 0.29) is 24.2 Å². The molecule has 3 heterocycles. The third kappa shape index (κ3) is 3.85. The zero-order valence-corrected chi connectivity index (χ0v) is 16.2. The van der Waals surface area contributed by atoms with Crippen LogP contribution in [-0.2, 0) is 24.2 Å². The highest BCUT2D eigenvalue weighted by molar-refractivity contribution is 5.79. The molecule has 0 saturated carbocycles. The predicted molar refractivity (Wildman–Crippen MR) is 105 cm³/mol. The molecule has 1 aromatic carbocycles. The van der Waals surface area contributed by atoms with E-state index in [0.29, 0.717) is 6.54 Å². The highest BCUT2D eigenvalue weighted by atomic mass is 19.1. The zero-order chi connectivity index (χ0) is 19.5. The molecule has 0 aliphatic carbocycles. The van der Waals surface area contributed by atoms with Crippen molar-refractivity contribution in [2.24, 2.45) is 0 Å². The van der Waals surface area contributed by atoms with Crippen molar-refractivity contribution < 1.29 is 9.18 Å². The van der Waals surface area contributed by atoms with Crippen LogP contribution in [0.15, 0.2) is 24.3 Å². The zero-order valence-electron chi connectivity index (χ0n) is 16.2. The number of hydrogen-bond donors (Lipinski definition) is 2. The van der Waals surface area contributed by atoms with Gasteiger partial charge in [0.1, 0.15) is 11.6 Å². The summed E-state index contributed by atoms with van der Waals surface area (Å²) in [5, 5.41) is 6.57. The van der Waals surface area contributed by atoms with Crippen LogP contribution in [0.5, 0.6) is 0 Å². The van der Waals surface area contributed by atoms with Gasteiger partial charge in [0.15, 0.2) is 5.82 Å². The maximum atomic E-state index is 13.1. The van der Waals surface area contributed by atoms with Gasteiger partial charge in [0.25, 0.3) is 0 Å². The number of fused-ring (bicyclic) bond motifs is 1. The van der Waals surface area contributed by atoms with Crippen molar-refractivity contribution in [3.63, 3.8) is 0 Å². The molecule has 28 heavy (non-hydrogen) atoms. The van der Waals surface area contributed by atoms with E-state index in [1.807, 2.05) is 11.9 Å². The minimum atomic E-state index is -0.289. The van der Waals surface area contributed by atoms with Gasteiger partial charge in [0, 0.05) is 25.7 Å². The Kier molecular flexibility index (Phi) is 5.52. The molecule has 148 valence electrons. The summed E-state index contributed by atoms with van der Waals surface area (Å²) in [6, 6.07) is 6.03. The van der Waals surface area contributed by atoms with Crippen molar-refractivity contribution in [3.8, 4) is 0 Å². The molecular weight excluding hydrogens is 357 g/mol. The van der Waals surface area contributed by atoms with E-state index in [9.17, 15) is 9.18 Å². The SMILES string of the molecule is CNc1nc([C@@H]2CCCCN2C(=O)Cc2ccc(F)cc2)nc2c1CCNC2. The van der Waals surface area contributed by atoms with Crippen LogP contribution < -0.4 is 10.6 Å². The molecular formula is C21H26FN5O. The van der Waals surface area contributed by atoms with E-state index < -0.39 is 0 Å². The molecule has 1 fully saturated rings. The predicted octanol–water partition coefficient (Wildman–Crippen LogP) is 2.60. The number of piperidine rings is 1. The van der Waals surface area contributed by atoms with Crippen LogP contribution in [0, 0.1) is 5.82 Å². The number of carbonyl (C=O) groups is 1. The van der Waals surface area contributed by atoms with Crippen LogP contribution in [-0.4, -0.2) is 40.9 Å². The maximum absolute atomic E-state index is 13.1. The van der Waals surface area contributed by atoms with E-state index in [2.05, 4.69) is 10.6 Å². The molecule has 1 amide bonds. The minimum absolute atomic E-state index is 0.0433. The van der Waals surface area contributed by atoms with Crippen molar-refractivity contribution in [3.05, 3.63) is 52.7 Å². The molecule has 7 heteroatoms. The number of rotatable bonds is 4. The molecule has 1 saturated heterocycles. The van der Waals surface area contributed by atoms with Crippen molar-refractivity contribution in [1.82, 2.24) is 20.2 Å². The minimum Gasteiger partial charge on any atom is -0.373 e. The Balaban J connectivity index is 1.60. The largest absolute Gasteiger partial charge is 0.373 e. The summed E-state index contributed by atoms with van der Waals surface area (Å²) in [5.74, 6) is 1.35. The highest BCUT2D eigenvalue weighted by Crippen LogP contribution is 2.32. The molecule has 2 N–H and O–H groups in total. The fourth-order valence-electron chi connectivity index (χ4n) is 4.11. The van der Waals surface area contributed by atoms with Crippen molar-refractivity contribution >= 4 is 11.7 Å². The van der Waals surface area contributed by atoms with Crippen LogP contribution in [0.4, 0.5) is 10.2 Å². The third-order valence-corrected chi connectivity index (χ3v) is 5.58. The third-order valence-electron chi connectivity index (χ3n) is 5.58. The first-order valence-corrected chi connectivity index (χ1v) is 9.98. The Morgan fingerprint density at radius 2 is 2.11 bits per heavy atom. The Morgan fingerprint density at radius 1 is 1.29 bits per heavy atom. The first-order chi connectivity index (χ1) is 13.7. The Labute approximate surface area is 164 Å². The van der Waals surface area contributed by atoms with E-state index in [4.69, 9.17) is 9.97 Å². The summed E-state index contributed by atoms with van der Waals surface area (Å²) in [6.07, 6.45) is 4.08. The second kappa shape index (κ2) is 8.22. The van der Waals surface area contributed by atoms with E-state index >= 15 is 0 Å². The monoisotopic (exact) mass is 383 g/mol. The van der Waals surface area contributed by atoms with Crippen molar-refractivity contribution in [1.29, 1.82) is 0 Å². The first kappa shape index (κ1) is 18.8. The fourth-order valence-corrected chi connectivity index (χ4v) is 4.11. The summed E-state index contributed by atoms with van der Waals surface area (Å²) in [5.41, 5.74) is 3.02. The average molecular weight is 383 g/mol. The molecule has 2 aromatic rings. The van der Waals surface area contributed by atoms with Gasteiger partial charge in [-0.2, -0.15) is 0 Å². The smallest absolute Gasteiger partial charge is 0.227 e. The topological polar surface area (TPSA) is 70.2 Å². The van der Waals surface area contributed by atoms with Crippen LogP contribution in [0.25, 0.3) is 0 Å². The number of benzene rings is 1. The Hall–Kier alpha value is -2.54. The number of nitrogens with zero attached hydrogens (tertiary/aromatic N) is 3. The second-order valence-corrected chi connectivity index (χ2v) is 7.43. The molecule has 4 rings (SSSR count). The van der Waals surface area contributed by atoms with Crippen LogP contribution in [0.1, 0.15) is 47.9 Å². The quantitative estimate of drug-likeness (QED) is 0.849. The molecule has 0 unspecified atom stereocenters. The standard InChI is InChI=1S/C21H26FN5O/c1-23-20-16-9-10-24-13-17(16)25-21(26-20)18-4-2-3-11-27(18)19(28)12-14-5-7-15(22)8-6-14/h5-8,18,24H,2-4,9-13H2,1H3,(H,23,25,26)/t18-/m0/s1. The number of nitrogens with one attached hydrogen (secondary N) is 2. The number of likely N-dealkylation sites (tertiary alicyclic amines) is 1. The molecule has 0 radical (unpaired) electrons. The maximum Gasteiger partial charge on any atom is 0.227 e. The number of hydrogen-bond acceptors (Lipinski definition) is 5. The highest BCUT2D eigenvalue weighted by Gasteiger charge is 2.31. The molecule has 0 bridgehead atoms. The number of aromatic nitrogens is 2. The summed E-state index contributed by atoms with van der Waals surface area (Å²) in [6.45, 7) is 2.37. The number of halogens is 1. The normalized spacial score (nSPS) is 19.2. The van der Waals surface area contributed by atoms with Crippen LogP contribution in [0.2, 0.25) is 0 Å². The number of anilines is 1. The molecule has 0 spiro atoms. The van der Waals surface area contributed by atoms with Gasteiger partial charge in [-0.1, -0.05) is 12.1 Å². The number of amides is 1. The molecule has 6 nitrogen and oxygen atoms in total. The average Bonchev–Trinajstić information content (AvgIpc) is 2.74. The first-order valence-electron chi connectivity index (χ1n) is 9.98. The molecule has 2 aliphatic rings. The lowest BCUT2D eigenvalue weighted by atomic mass is 9.99. The molecule has 1 aromatic heterocycles. The Morgan fingerprint density at radius 3 is 2.89 bits per heavy atom. The van der Waals surface area contributed by atoms with Gasteiger partial charge in [0.05, 0.1) is 18.2 Å². The van der Waals surface area contributed by atoms with Gasteiger partial charge in [-0.05, 0) is 49.9 Å². The lowest BCUT2D eigenvalue weighted by Gasteiger charge is -2.35. The van der Waals surface area contributed by atoms with Crippen molar-refractivity contribution in [2.75, 3.05) is 25.5 Å². The second-order valence-electron chi connectivity index (χ2n) is 7.43. The number of carbonyl (C=O) groups excluding carboxylic acids is 1. The van der Waals surface area contributed by atoms with Gasteiger partial charge < -0.3 is 15.5 Å². The fraction of sp³-hybridized carbons (Fsp3) is 0.476. The van der Waals surface area contributed by atoms with E-state index in [1.165, 1.54) is 17.7 Å². The van der Waals surface area contributed by atoms with Crippen LogP contribution in [0.3, 0.4) is 0 Å². The van der Waals surface area contributed by atoms with Crippen LogP contribution >= 0.6 is 0 Å². The van der Waals surface area contributed by atoms with Crippen molar-refractivity contribution in [2.45, 2.75) is 44.7 Å². The van der Waals surface area contributed by atoms with E-state index in [0.717, 1.165) is 61.7 Å². The van der Waals surface area contributed by atoms with Gasteiger partial charge in [0.2, 0.25) is 5.91 Å². The van der Waals surface area contributed by atoms with Gasteiger partial charge in [-0.15, -0.1) is 0 Å². The van der Waals surface area contributed by atoms with Gasteiger partial charge >= 0.3 is 0 Å².